The summed E-state index contributed by atoms with van der Waals surface area (Å²) in [6.07, 6.45) is -4.36. The van der Waals surface area contributed by atoms with E-state index in [0.717, 1.165) is 23.3 Å². The maximum Gasteiger partial charge on any atom is 0.416 e. The largest absolute Gasteiger partial charge is 0.481 e. The minimum atomic E-state index is -4.38. The van der Waals surface area contributed by atoms with E-state index in [9.17, 15) is 18.0 Å². The predicted octanol–water partition coefficient (Wildman–Crippen LogP) is 6.76. The van der Waals surface area contributed by atoms with Crippen molar-refractivity contribution in [3.05, 3.63) is 77.9 Å². The molecule has 1 aromatic heterocycles. The van der Waals surface area contributed by atoms with Gasteiger partial charge in [0.15, 0.2) is 5.58 Å². The van der Waals surface area contributed by atoms with Crippen LogP contribution >= 0.6 is 0 Å². The summed E-state index contributed by atoms with van der Waals surface area (Å²) in [5.74, 6) is -0.648. The number of fused-ring (bicyclic) bond motifs is 1. The monoisotopic (exact) mass is 425 g/mol. The van der Waals surface area contributed by atoms with Crippen LogP contribution in [0.1, 0.15) is 30.4 Å². The van der Waals surface area contributed by atoms with Gasteiger partial charge in [0.05, 0.1) is 12.0 Å². The van der Waals surface area contributed by atoms with Gasteiger partial charge in [0, 0.05) is 5.56 Å². The number of alkyl halides is 3. The molecule has 4 aromatic rings. The maximum atomic E-state index is 12.8. The zero-order valence-electron chi connectivity index (χ0n) is 16.5. The highest BCUT2D eigenvalue weighted by atomic mass is 19.4. The van der Waals surface area contributed by atoms with Crippen molar-refractivity contribution in [2.24, 2.45) is 0 Å². The van der Waals surface area contributed by atoms with Crippen molar-refractivity contribution in [2.75, 3.05) is 0 Å². The van der Waals surface area contributed by atoms with E-state index in [4.69, 9.17) is 9.52 Å². The van der Waals surface area contributed by atoms with Gasteiger partial charge in [-0.2, -0.15) is 13.2 Å². The quantitative estimate of drug-likeness (QED) is 0.384. The van der Waals surface area contributed by atoms with Crippen LogP contribution in [0.15, 0.2) is 71.1 Å². The number of nitrogens with zero attached hydrogens (tertiary/aromatic N) is 1. The Kier molecular flexibility index (Phi) is 5.27. The number of benzene rings is 3. The van der Waals surface area contributed by atoms with Crippen molar-refractivity contribution in [3.63, 3.8) is 0 Å². The number of hydrogen-bond donors (Lipinski definition) is 1. The third-order valence-electron chi connectivity index (χ3n) is 5.12. The molecule has 0 aliphatic heterocycles. The summed E-state index contributed by atoms with van der Waals surface area (Å²) >= 11 is 0. The van der Waals surface area contributed by atoms with Crippen LogP contribution in [0.5, 0.6) is 0 Å². The minimum Gasteiger partial charge on any atom is -0.481 e. The van der Waals surface area contributed by atoms with Crippen molar-refractivity contribution in [3.8, 4) is 22.6 Å². The molecular formula is C24H18F3NO3. The molecule has 158 valence electrons. The first-order valence-electron chi connectivity index (χ1n) is 9.61. The third kappa shape index (κ3) is 4.45. The Morgan fingerprint density at radius 2 is 1.71 bits per heavy atom. The standard InChI is InChI=1S/C24H18F3NO3/c1-14(11-22(29)30)16-7-10-21-20(13-16)28-23(31-21)18-4-2-3-17(12-18)15-5-8-19(9-6-15)24(25,26)27/h2-10,12-14H,11H2,1H3,(H,29,30). The van der Waals surface area contributed by atoms with E-state index < -0.39 is 17.7 Å². The fourth-order valence-electron chi connectivity index (χ4n) is 3.44. The molecule has 7 heteroatoms. The van der Waals surface area contributed by atoms with E-state index in [1.807, 2.05) is 25.1 Å². The van der Waals surface area contributed by atoms with Gasteiger partial charge in [-0.05, 0) is 59.0 Å². The molecule has 4 nitrogen and oxygen atoms in total. The van der Waals surface area contributed by atoms with Gasteiger partial charge in [0.2, 0.25) is 5.89 Å². The Bertz CT molecular complexity index is 1240. The molecule has 0 amide bonds. The van der Waals surface area contributed by atoms with Gasteiger partial charge >= 0.3 is 12.1 Å². The van der Waals surface area contributed by atoms with Crippen molar-refractivity contribution in [2.45, 2.75) is 25.4 Å². The summed E-state index contributed by atoms with van der Waals surface area (Å²) in [5.41, 5.74) is 3.42. The molecule has 3 aromatic carbocycles. The van der Waals surface area contributed by atoms with E-state index in [2.05, 4.69) is 4.98 Å². The van der Waals surface area contributed by atoms with Crippen LogP contribution in [0.2, 0.25) is 0 Å². The summed E-state index contributed by atoms with van der Waals surface area (Å²) in [6, 6.07) is 17.6. The number of hydrogen-bond acceptors (Lipinski definition) is 3. The molecule has 1 unspecified atom stereocenters. The third-order valence-corrected chi connectivity index (χ3v) is 5.12. The number of carbonyl (C=O) groups is 1. The number of aromatic nitrogens is 1. The lowest BCUT2D eigenvalue weighted by molar-refractivity contribution is -0.138. The van der Waals surface area contributed by atoms with E-state index in [1.54, 1.807) is 24.3 Å². The zero-order chi connectivity index (χ0) is 22.2. The summed E-state index contributed by atoms with van der Waals surface area (Å²) in [6.45, 7) is 1.84. The van der Waals surface area contributed by atoms with Gasteiger partial charge in [-0.1, -0.05) is 37.3 Å². The molecule has 1 heterocycles. The zero-order valence-corrected chi connectivity index (χ0v) is 16.5. The highest BCUT2D eigenvalue weighted by Gasteiger charge is 2.30. The van der Waals surface area contributed by atoms with Crippen LogP contribution in [0, 0.1) is 0 Å². The molecule has 0 bridgehead atoms. The summed E-state index contributed by atoms with van der Waals surface area (Å²) in [5, 5.41) is 9.00. The second-order valence-electron chi connectivity index (χ2n) is 7.40. The predicted molar refractivity (Wildman–Crippen MR) is 111 cm³/mol. The Hall–Kier alpha value is -3.61. The average Bonchev–Trinajstić information content (AvgIpc) is 3.16. The Balaban J connectivity index is 1.65. The van der Waals surface area contributed by atoms with E-state index >= 15 is 0 Å². The SMILES string of the molecule is CC(CC(=O)O)c1ccc2oc(-c3cccc(-c4ccc(C(F)(F)F)cc4)c3)nc2c1. The van der Waals surface area contributed by atoms with Crippen LogP contribution in [0.25, 0.3) is 33.7 Å². The van der Waals surface area contributed by atoms with Gasteiger partial charge in [-0.15, -0.1) is 0 Å². The minimum absolute atomic E-state index is 0.0192. The molecule has 1 N–H and O–H groups in total. The number of aliphatic carboxylic acids is 1. The number of carboxylic acids is 1. The first-order chi connectivity index (χ1) is 14.7. The van der Waals surface area contributed by atoms with Gasteiger partial charge < -0.3 is 9.52 Å². The van der Waals surface area contributed by atoms with E-state index in [1.165, 1.54) is 12.1 Å². The van der Waals surface area contributed by atoms with E-state index in [-0.39, 0.29) is 12.3 Å². The van der Waals surface area contributed by atoms with Crippen LogP contribution in [-0.2, 0) is 11.0 Å². The first kappa shape index (κ1) is 20.7. The maximum absolute atomic E-state index is 12.8. The van der Waals surface area contributed by atoms with Crippen LogP contribution in [0.3, 0.4) is 0 Å². The van der Waals surface area contributed by atoms with E-state index in [0.29, 0.717) is 28.1 Å². The molecule has 0 fully saturated rings. The summed E-state index contributed by atoms with van der Waals surface area (Å²) in [4.78, 5) is 15.5. The van der Waals surface area contributed by atoms with Crippen molar-refractivity contribution in [1.82, 2.24) is 4.98 Å². The Labute approximate surface area is 176 Å². The molecule has 31 heavy (non-hydrogen) atoms. The van der Waals surface area contributed by atoms with Crippen LogP contribution < -0.4 is 0 Å². The van der Waals surface area contributed by atoms with Crippen LogP contribution in [-0.4, -0.2) is 16.1 Å². The van der Waals surface area contributed by atoms with Gasteiger partial charge in [-0.25, -0.2) is 4.98 Å². The highest BCUT2D eigenvalue weighted by Crippen LogP contribution is 2.33. The molecule has 0 radical (unpaired) electrons. The lowest BCUT2D eigenvalue weighted by atomic mass is 9.98. The second-order valence-corrected chi connectivity index (χ2v) is 7.40. The molecule has 1 atom stereocenters. The van der Waals surface area contributed by atoms with Crippen LogP contribution in [0.4, 0.5) is 13.2 Å². The number of rotatable bonds is 5. The molecule has 0 saturated heterocycles. The molecule has 0 aliphatic carbocycles. The summed E-state index contributed by atoms with van der Waals surface area (Å²) < 4.78 is 44.2. The lowest BCUT2D eigenvalue weighted by Gasteiger charge is -2.08. The van der Waals surface area contributed by atoms with Crippen molar-refractivity contribution >= 4 is 17.1 Å². The number of halogens is 3. The molecule has 0 aliphatic rings. The number of carboxylic acid groups (broad SMARTS) is 1. The Morgan fingerprint density at radius 1 is 1.00 bits per heavy atom. The highest BCUT2D eigenvalue weighted by molar-refractivity contribution is 5.79. The number of oxazole rings is 1. The normalized spacial score (nSPS) is 12.8. The molecule has 4 rings (SSSR count). The van der Waals surface area contributed by atoms with Crippen molar-refractivity contribution < 1.29 is 27.5 Å². The molecule has 0 saturated carbocycles. The van der Waals surface area contributed by atoms with Gasteiger partial charge in [0.25, 0.3) is 0 Å². The topological polar surface area (TPSA) is 63.3 Å². The summed E-state index contributed by atoms with van der Waals surface area (Å²) in [7, 11) is 0. The fourth-order valence-corrected chi connectivity index (χ4v) is 3.44. The molecule has 0 spiro atoms. The smallest absolute Gasteiger partial charge is 0.416 e. The average molecular weight is 425 g/mol. The van der Waals surface area contributed by atoms with Gasteiger partial charge in [-0.3, -0.25) is 4.79 Å². The van der Waals surface area contributed by atoms with Crippen molar-refractivity contribution in [1.29, 1.82) is 0 Å². The lowest BCUT2D eigenvalue weighted by Crippen LogP contribution is -2.03. The van der Waals surface area contributed by atoms with Gasteiger partial charge in [0.1, 0.15) is 5.52 Å². The second kappa shape index (κ2) is 7.91. The Morgan fingerprint density at radius 3 is 2.39 bits per heavy atom. The molecular weight excluding hydrogens is 407 g/mol. The first-order valence-corrected chi connectivity index (χ1v) is 9.61. The fraction of sp³-hybridized carbons (Fsp3) is 0.167.